The van der Waals surface area contributed by atoms with Gasteiger partial charge in [-0.1, -0.05) is 29.8 Å². The van der Waals surface area contributed by atoms with E-state index in [9.17, 15) is 28.4 Å². The zero-order valence-electron chi connectivity index (χ0n) is 30.4. The number of nitrogens with zero attached hydrogens (tertiary/aromatic N) is 5. The van der Waals surface area contributed by atoms with Crippen LogP contribution in [0.2, 0.25) is 0 Å². The van der Waals surface area contributed by atoms with E-state index in [1.54, 1.807) is 36.4 Å². The first kappa shape index (κ1) is 41.1. The largest absolute Gasteiger partial charge is 0.472 e. The van der Waals surface area contributed by atoms with Crippen LogP contribution in [0.3, 0.4) is 0 Å². The highest BCUT2D eigenvalue weighted by molar-refractivity contribution is 8.54. The van der Waals surface area contributed by atoms with Crippen molar-refractivity contribution < 1.29 is 59.9 Å². The van der Waals surface area contributed by atoms with Crippen LogP contribution in [0.4, 0.5) is 14.6 Å². The van der Waals surface area contributed by atoms with Gasteiger partial charge in [-0.05, 0) is 48.1 Å². The first-order chi connectivity index (χ1) is 28.2. The van der Waals surface area contributed by atoms with Gasteiger partial charge in [0.25, 0.3) is 5.56 Å². The van der Waals surface area contributed by atoms with Crippen molar-refractivity contribution in [3.05, 3.63) is 111 Å². The molecule has 0 spiro atoms. The first-order valence-electron chi connectivity index (χ1n) is 17.6. The highest BCUT2D eigenvalue weighted by Crippen LogP contribution is 2.64. The summed E-state index contributed by atoms with van der Waals surface area (Å²) in [6, 6.07) is 13.9. The Morgan fingerprint density at radius 2 is 1.66 bits per heavy atom. The number of anilines is 1. The van der Waals surface area contributed by atoms with Gasteiger partial charge in [0.05, 0.1) is 25.1 Å². The molecule has 0 radical (unpaired) electrons. The molecule has 10 atom stereocenters. The zero-order chi connectivity index (χ0) is 41.6. The number of hydrogen-bond acceptors (Lipinski definition) is 17. The number of phosphoric ester groups is 1. The first-order valence-corrected chi connectivity index (χ1v) is 22.2. The molecule has 25 heteroatoms. The molecule has 3 aliphatic rings. The predicted octanol–water partition coefficient (Wildman–Crippen LogP) is 3.92. The van der Waals surface area contributed by atoms with Crippen LogP contribution in [0.15, 0.2) is 83.0 Å². The van der Waals surface area contributed by atoms with E-state index in [2.05, 4.69) is 15.0 Å². The van der Waals surface area contributed by atoms with Crippen molar-refractivity contribution >= 4 is 49.0 Å². The number of H-pyrrole nitrogens is 1. The fraction of sp³-hybridized carbons (Fsp3) is 0.353. The molecule has 2 bridgehead atoms. The Bertz CT molecular complexity index is 2580. The highest BCUT2D eigenvalue weighted by atomic mass is 32.7. The lowest BCUT2D eigenvalue weighted by Gasteiger charge is -2.27. The van der Waals surface area contributed by atoms with Gasteiger partial charge in [0.1, 0.15) is 42.0 Å². The number of aromatic nitrogens is 6. The normalized spacial score (nSPS) is 31.2. The summed E-state index contributed by atoms with van der Waals surface area (Å²) in [6.45, 7) is -4.57. The van der Waals surface area contributed by atoms with Gasteiger partial charge in [0.15, 0.2) is 36.3 Å². The number of nitrogens with one attached hydrogen (secondary N) is 1. The van der Waals surface area contributed by atoms with Gasteiger partial charge < -0.3 is 24.8 Å². The summed E-state index contributed by atoms with van der Waals surface area (Å²) in [7, 11) is -5.27. The molecule has 20 nitrogen and oxygen atoms in total. The standard InChI is InChI=1S/C34H33F2N7O13P2S/c1-17-2-6-19(7-3-17)33(45)52-20-8-4-18(5-9-20)14-59-58(49)51-12-21-24(35)28(32(53-21)43-16-40-26-29(37)38-15-39-30(26)43)55-57(47,48)50-13-22-27(56-58)25(36)31(54-22)42-11-10-23(44)41-34(42)46/h2-11,15-16,21-22,24-25,27-28,31-32H,12-14H2,1H3,(H,47,48)(H2,37,38,39)(H,41,44,46)/t21-,22-,24-,25-,27-,28-,31-,32-,58?/m1/s1. The van der Waals surface area contributed by atoms with E-state index in [1.807, 2.05) is 11.9 Å². The van der Waals surface area contributed by atoms with Gasteiger partial charge in [0.2, 0.25) is 0 Å². The van der Waals surface area contributed by atoms with Gasteiger partial charge in [-0.3, -0.25) is 37.0 Å². The van der Waals surface area contributed by atoms with E-state index >= 15 is 8.78 Å². The number of esters is 1. The summed E-state index contributed by atoms with van der Waals surface area (Å²) in [5, 5.41) is 0. The number of alkyl halides is 2. The topological polar surface area (TPSA) is 261 Å². The van der Waals surface area contributed by atoms with Crippen molar-refractivity contribution in [1.82, 2.24) is 29.1 Å². The van der Waals surface area contributed by atoms with E-state index in [-0.39, 0.29) is 28.5 Å². The molecule has 8 rings (SSSR count). The van der Waals surface area contributed by atoms with Crippen LogP contribution in [0.5, 0.6) is 5.75 Å². The number of fused-ring (bicyclic) bond motifs is 4. The molecule has 6 heterocycles. The smallest absolute Gasteiger partial charge is 0.423 e. The van der Waals surface area contributed by atoms with Gasteiger partial charge in [-0.25, -0.2) is 42.5 Å². The fourth-order valence-corrected chi connectivity index (χ4v) is 10.8. The van der Waals surface area contributed by atoms with Gasteiger partial charge >= 0.3 is 26.3 Å². The Hall–Kier alpha value is -4.67. The van der Waals surface area contributed by atoms with E-state index in [1.165, 1.54) is 23.0 Å². The molecule has 3 fully saturated rings. The molecule has 2 aromatic carbocycles. The number of imidazole rings is 1. The molecule has 0 saturated carbocycles. The number of benzene rings is 2. The Morgan fingerprint density at radius 3 is 2.41 bits per heavy atom. The third-order valence-corrected chi connectivity index (χ3v) is 14.1. The Labute approximate surface area is 334 Å². The highest BCUT2D eigenvalue weighted by Gasteiger charge is 2.55. The molecular formula is C34H33F2N7O13P2S. The molecule has 3 aromatic heterocycles. The minimum Gasteiger partial charge on any atom is -0.423 e. The molecule has 5 aromatic rings. The molecule has 312 valence electrons. The molecule has 0 amide bonds. The molecule has 59 heavy (non-hydrogen) atoms. The number of phosphoric acid groups is 1. The van der Waals surface area contributed by atoms with Crippen molar-refractivity contribution in [2.45, 2.75) is 61.9 Å². The van der Waals surface area contributed by atoms with Crippen molar-refractivity contribution in [1.29, 1.82) is 0 Å². The van der Waals surface area contributed by atoms with Gasteiger partial charge in [0, 0.05) is 18.0 Å². The molecule has 2 unspecified atom stereocenters. The number of rotatable bonds is 7. The van der Waals surface area contributed by atoms with E-state index in [0.29, 0.717) is 27.1 Å². The maximum atomic E-state index is 16.4. The number of hydrogen-bond donors (Lipinski definition) is 3. The lowest BCUT2D eigenvalue weighted by Crippen LogP contribution is -2.36. The summed E-state index contributed by atoms with van der Waals surface area (Å²) in [4.78, 5) is 62.0. The molecular weight excluding hydrogens is 846 g/mol. The van der Waals surface area contributed by atoms with E-state index < -0.39 is 94.3 Å². The second-order valence-corrected chi connectivity index (χ2v) is 18.9. The van der Waals surface area contributed by atoms with E-state index in [0.717, 1.165) is 24.2 Å². The SMILES string of the molecule is Cc1ccc(C(=O)Oc2ccc(CSP3(=O)OC[C@H]4O[C@@H](n5cnc6c(N)ncnc65)[C@H](OP(=O)(O)OC[C@H]5O[C@@H](n6ccc(=O)[nH]c6=O)[C@H](F)[C@@H]5O3)[C@@H]4F)cc2)cc1. The third-order valence-electron chi connectivity index (χ3n) is 9.43. The monoisotopic (exact) mass is 879 g/mol. The number of nitrogens with two attached hydrogens (primary N) is 1. The average Bonchev–Trinajstić information content (AvgIpc) is 3.86. The maximum Gasteiger partial charge on any atom is 0.472 e. The minimum atomic E-state index is -5.27. The zero-order valence-corrected chi connectivity index (χ0v) is 33.0. The van der Waals surface area contributed by atoms with Crippen LogP contribution in [0.25, 0.3) is 11.2 Å². The second-order valence-electron chi connectivity index (χ2n) is 13.4. The second kappa shape index (κ2) is 16.4. The number of nitrogen functional groups attached to an aromatic ring is 1. The minimum absolute atomic E-state index is 0.0214. The Kier molecular flexibility index (Phi) is 11.4. The number of aryl methyl sites for hydroxylation is 1. The quantitative estimate of drug-likeness (QED) is 0.119. The summed E-state index contributed by atoms with van der Waals surface area (Å²) >= 11 is 0.574. The number of halogens is 2. The van der Waals surface area contributed by atoms with Crippen LogP contribution in [0, 0.1) is 6.92 Å². The predicted molar refractivity (Wildman–Crippen MR) is 202 cm³/mol. The van der Waals surface area contributed by atoms with Gasteiger partial charge in [-0.2, -0.15) is 0 Å². The van der Waals surface area contributed by atoms with Crippen LogP contribution >= 0.6 is 26.0 Å². The van der Waals surface area contributed by atoms with Gasteiger partial charge in [-0.15, -0.1) is 0 Å². The summed E-state index contributed by atoms with van der Waals surface area (Å²) in [5.41, 5.74) is 6.04. The van der Waals surface area contributed by atoms with Crippen LogP contribution < -0.4 is 21.7 Å². The Balaban J connectivity index is 1.08. The van der Waals surface area contributed by atoms with Crippen LogP contribution in [0.1, 0.15) is 33.9 Å². The van der Waals surface area contributed by atoms with Crippen molar-refractivity contribution in [2.24, 2.45) is 0 Å². The number of carbonyl (C=O) groups excluding carboxylic acids is 1. The summed E-state index contributed by atoms with van der Waals surface area (Å²) < 4.78 is 102. The van der Waals surface area contributed by atoms with E-state index in [4.69, 9.17) is 38.0 Å². The maximum absolute atomic E-state index is 16.4. The summed E-state index contributed by atoms with van der Waals surface area (Å²) in [6.07, 6.45) is -11.8. The molecule has 0 aliphatic carbocycles. The molecule has 3 saturated heterocycles. The van der Waals surface area contributed by atoms with Crippen molar-refractivity contribution in [2.75, 3.05) is 18.9 Å². The molecule has 4 N–H and O–H groups in total. The lowest BCUT2D eigenvalue weighted by atomic mass is 10.1. The lowest BCUT2D eigenvalue weighted by molar-refractivity contribution is -0.0640. The average molecular weight is 880 g/mol. The number of carbonyl (C=O) groups is 1. The van der Waals surface area contributed by atoms with Crippen LogP contribution in [-0.2, 0) is 42.5 Å². The third kappa shape index (κ3) is 8.67. The fourth-order valence-electron chi connectivity index (χ4n) is 6.45. The van der Waals surface area contributed by atoms with Crippen LogP contribution in [-0.4, -0.2) is 89.9 Å². The number of aromatic amines is 1. The number of ether oxygens (including phenoxy) is 3. The van der Waals surface area contributed by atoms with Crippen molar-refractivity contribution in [3.63, 3.8) is 0 Å². The Morgan fingerprint density at radius 1 is 0.932 bits per heavy atom. The summed E-state index contributed by atoms with van der Waals surface area (Å²) in [5.74, 6) is -0.522. The van der Waals surface area contributed by atoms with Crippen molar-refractivity contribution in [3.8, 4) is 5.75 Å². The molecule has 3 aliphatic heterocycles.